The number of amidine groups is 1. The Balaban J connectivity index is 4.01. The first-order valence-corrected chi connectivity index (χ1v) is 2.25. The summed E-state index contributed by atoms with van der Waals surface area (Å²) in [7, 11) is 1.23. The molecule has 9 heavy (non-hydrogen) atoms. The van der Waals surface area contributed by atoms with Crippen molar-refractivity contribution in [1.29, 1.82) is 0 Å². The summed E-state index contributed by atoms with van der Waals surface area (Å²) in [6.45, 7) is 3.24. The fourth-order valence-electron chi connectivity index (χ4n) is 0.256. The third kappa shape index (κ3) is 2.48. The average molecular weight is 128 g/mol. The van der Waals surface area contributed by atoms with Crippen LogP contribution in [0.3, 0.4) is 0 Å². The first-order chi connectivity index (χ1) is 4.22. The van der Waals surface area contributed by atoms with E-state index >= 15 is 0 Å². The molecule has 0 saturated heterocycles. The minimum absolute atomic E-state index is 0.187. The summed E-state index contributed by atoms with van der Waals surface area (Å²) >= 11 is 0. The number of nitrogens with zero attached hydrogens (tertiary/aromatic N) is 1. The minimum atomic E-state index is -0.644. The Hall–Kier alpha value is -1.32. The van der Waals surface area contributed by atoms with Crippen LogP contribution in [0.5, 0.6) is 0 Å². The van der Waals surface area contributed by atoms with Gasteiger partial charge in [0.15, 0.2) is 0 Å². The van der Waals surface area contributed by atoms with E-state index in [-0.39, 0.29) is 5.84 Å². The maximum absolute atomic E-state index is 10.4. The summed E-state index contributed by atoms with van der Waals surface area (Å²) in [5.41, 5.74) is 5.04. The van der Waals surface area contributed by atoms with Crippen LogP contribution in [-0.4, -0.2) is 18.9 Å². The summed E-state index contributed by atoms with van der Waals surface area (Å²) < 4.78 is 4.22. The van der Waals surface area contributed by atoms with Gasteiger partial charge in [0.2, 0.25) is 5.84 Å². The lowest BCUT2D eigenvalue weighted by molar-refractivity contribution is -0.132. The van der Waals surface area contributed by atoms with Gasteiger partial charge >= 0.3 is 5.97 Å². The summed E-state index contributed by atoms with van der Waals surface area (Å²) in [4.78, 5) is 13.8. The monoisotopic (exact) mass is 128 g/mol. The lowest BCUT2D eigenvalue weighted by Gasteiger charge is -1.93. The molecule has 0 aliphatic carbocycles. The number of hydrogen-bond donors (Lipinski definition) is 1. The smallest absolute Gasteiger partial charge is 0.373 e. The molecule has 0 heterocycles. The molecule has 0 saturated carbocycles. The molecule has 0 amide bonds. The van der Waals surface area contributed by atoms with Crippen LogP contribution in [-0.2, 0) is 9.53 Å². The van der Waals surface area contributed by atoms with Crippen LogP contribution in [0.25, 0.3) is 0 Å². The zero-order valence-corrected chi connectivity index (χ0v) is 5.13. The molecule has 0 aliphatic heterocycles. The highest BCUT2D eigenvalue weighted by atomic mass is 16.5. The molecule has 0 radical (unpaired) electrons. The van der Waals surface area contributed by atoms with Gasteiger partial charge in [0.05, 0.1) is 7.11 Å². The van der Waals surface area contributed by atoms with E-state index in [1.54, 1.807) is 0 Å². The van der Waals surface area contributed by atoms with E-state index in [0.717, 1.165) is 0 Å². The van der Waals surface area contributed by atoms with Gasteiger partial charge in [-0.2, -0.15) is 0 Å². The maximum Gasteiger partial charge on any atom is 0.373 e. The molecule has 4 heteroatoms. The fourth-order valence-corrected chi connectivity index (χ4v) is 0.256. The SMILES string of the molecule is C=CN=C(N)C(=O)OC. The largest absolute Gasteiger partial charge is 0.463 e. The molecule has 2 N–H and O–H groups in total. The van der Waals surface area contributed by atoms with Crippen LogP contribution < -0.4 is 5.73 Å². The van der Waals surface area contributed by atoms with Crippen LogP contribution in [0.2, 0.25) is 0 Å². The van der Waals surface area contributed by atoms with E-state index in [1.165, 1.54) is 13.3 Å². The Kier molecular flexibility index (Phi) is 3.12. The predicted molar refractivity (Wildman–Crippen MR) is 33.8 cm³/mol. The maximum atomic E-state index is 10.4. The highest BCUT2D eigenvalue weighted by Gasteiger charge is 2.02. The van der Waals surface area contributed by atoms with E-state index in [1.807, 2.05) is 0 Å². The number of esters is 1. The molecular formula is C5H8N2O2. The lowest BCUT2D eigenvalue weighted by Crippen LogP contribution is -2.24. The number of carbonyl (C=O) groups is 1. The fraction of sp³-hybridized carbons (Fsp3) is 0.200. The number of rotatable bonds is 1. The van der Waals surface area contributed by atoms with Crippen LogP contribution in [0.1, 0.15) is 0 Å². The number of carbonyl (C=O) groups excluding carboxylic acids is 1. The van der Waals surface area contributed by atoms with Crippen molar-refractivity contribution in [3.8, 4) is 0 Å². The number of methoxy groups -OCH3 is 1. The number of ether oxygens (including phenoxy) is 1. The van der Waals surface area contributed by atoms with Gasteiger partial charge in [-0.05, 0) is 0 Å². The zero-order valence-electron chi connectivity index (χ0n) is 5.13. The van der Waals surface area contributed by atoms with Crippen molar-refractivity contribution in [2.75, 3.05) is 7.11 Å². The van der Waals surface area contributed by atoms with Gasteiger partial charge in [0, 0.05) is 6.20 Å². The molecule has 0 fully saturated rings. The van der Waals surface area contributed by atoms with Crippen LogP contribution in [0.15, 0.2) is 17.8 Å². The van der Waals surface area contributed by atoms with Crippen molar-refractivity contribution in [2.45, 2.75) is 0 Å². The molecular weight excluding hydrogens is 120 g/mol. The molecule has 0 atom stereocenters. The first-order valence-electron chi connectivity index (χ1n) is 2.25. The number of aliphatic imine (C=N–C) groups is 1. The van der Waals surface area contributed by atoms with Gasteiger partial charge in [-0.1, -0.05) is 6.58 Å². The molecule has 0 unspecified atom stereocenters. The Bertz CT molecular complexity index is 151. The standard InChI is InChI=1S/C5H8N2O2/c1-3-7-4(6)5(8)9-2/h3H,1H2,2H3,(H2,6,7). The van der Waals surface area contributed by atoms with Crippen molar-refractivity contribution in [3.63, 3.8) is 0 Å². The lowest BCUT2D eigenvalue weighted by atomic mass is 10.6. The summed E-state index contributed by atoms with van der Waals surface area (Å²) in [5.74, 6) is -0.831. The second-order valence-corrected chi connectivity index (χ2v) is 1.19. The van der Waals surface area contributed by atoms with Crippen molar-refractivity contribution in [1.82, 2.24) is 0 Å². The normalized spacial score (nSPS) is 10.6. The van der Waals surface area contributed by atoms with Gasteiger partial charge < -0.3 is 10.5 Å². The number of hydrogen-bond acceptors (Lipinski definition) is 3. The Labute approximate surface area is 53.0 Å². The highest BCUT2D eigenvalue weighted by molar-refractivity contribution is 6.34. The molecule has 0 aromatic heterocycles. The van der Waals surface area contributed by atoms with Gasteiger partial charge in [-0.25, -0.2) is 9.79 Å². The quantitative estimate of drug-likeness (QED) is 0.298. The van der Waals surface area contributed by atoms with Gasteiger partial charge in [-0.3, -0.25) is 0 Å². The Morgan fingerprint density at radius 2 is 2.44 bits per heavy atom. The average Bonchev–Trinajstić information content (AvgIpc) is 1.87. The van der Waals surface area contributed by atoms with Crippen molar-refractivity contribution < 1.29 is 9.53 Å². The van der Waals surface area contributed by atoms with E-state index in [0.29, 0.717) is 0 Å². The second-order valence-electron chi connectivity index (χ2n) is 1.19. The van der Waals surface area contributed by atoms with Gasteiger partial charge in [0.1, 0.15) is 0 Å². The van der Waals surface area contributed by atoms with E-state index in [2.05, 4.69) is 16.3 Å². The van der Waals surface area contributed by atoms with E-state index in [9.17, 15) is 4.79 Å². The predicted octanol–water partition coefficient (Wildman–Crippen LogP) is -0.340. The van der Waals surface area contributed by atoms with Crippen LogP contribution in [0.4, 0.5) is 0 Å². The summed E-state index contributed by atoms with van der Waals surface area (Å²) in [6.07, 6.45) is 1.17. The van der Waals surface area contributed by atoms with Crippen molar-refractivity contribution in [2.24, 2.45) is 10.7 Å². The minimum Gasteiger partial charge on any atom is -0.463 e. The molecule has 0 bridgehead atoms. The molecule has 4 nitrogen and oxygen atoms in total. The summed E-state index contributed by atoms with van der Waals surface area (Å²) in [5, 5.41) is 0. The Morgan fingerprint density at radius 1 is 1.89 bits per heavy atom. The van der Waals surface area contributed by atoms with E-state index < -0.39 is 5.97 Å². The summed E-state index contributed by atoms with van der Waals surface area (Å²) in [6, 6.07) is 0. The molecule has 0 aromatic carbocycles. The first kappa shape index (κ1) is 7.68. The third-order valence-corrected chi connectivity index (χ3v) is 0.625. The van der Waals surface area contributed by atoms with Gasteiger partial charge in [-0.15, -0.1) is 0 Å². The molecule has 0 aromatic rings. The molecule has 0 spiro atoms. The zero-order chi connectivity index (χ0) is 7.28. The van der Waals surface area contributed by atoms with Crippen molar-refractivity contribution in [3.05, 3.63) is 12.8 Å². The third-order valence-electron chi connectivity index (χ3n) is 0.625. The Morgan fingerprint density at radius 3 is 2.78 bits per heavy atom. The molecule has 50 valence electrons. The highest BCUT2D eigenvalue weighted by Crippen LogP contribution is 1.75. The second kappa shape index (κ2) is 3.65. The van der Waals surface area contributed by atoms with Crippen LogP contribution in [0, 0.1) is 0 Å². The topological polar surface area (TPSA) is 64.7 Å². The van der Waals surface area contributed by atoms with E-state index in [4.69, 9.17) is 5.73 Å². The molecule has 0 aliphatic rings. The van der Waals surface area contributed by atoms with Crippen molar-refractivity contribution >= 4 is 11.8 Å². The number of nitrogens with two attached hydrogens (primary N) is 1. The van der Waals surface area contributed by atoms with Crippen LogP contribution >= 0.6 is 0 Å². The van der Waals surface area contributed by atoms with Gasteiger partial charge in [0.25, 0.3) is 0 Å². The molecule has 0 rings (SSSR count).